The molecule has 1 aliphatic carbocycles. The van der Waals surface area contributed by atoms with Gasteiger partial charge in [-0.1, -0.05) is 6.92 Å². The van der Waals surface area contributed by atoms with Gasteiger partial charge in [-0.3, -0.25) is 0 Å². The Kier molecular flexibility index (Phi) is 7.29. The first-order valence-electron chi connectivity index (χ1n) is 12.0. The van der Waals surface area contributed by atoms with E-state index in [1.165, 1.54) is 27.7 Å². The summed E-state index contributed by atoms with van der Waals surface area (Å²) in [5.41, 5.74) is -4.60. The van der Waals surface area contributed by atoms with Crippen molar-refractivity contribution < 1.29 is 74.6 Å². The van der Waals surface area contributed by atoms with Gasteiger partial charge >= 0.3 is 59.0 Å². The second-order valence-corrected chi connectivity index (χ2v) is 11.0. The average Bonchev–Trinajstić information content (AvgIpc) is 3.27. The largest absolute Gasteiger partial charge is 0.460 e. The molecule has 1 aromatic rings. The zero-order valence-corrected chi connectivity index (χ0v) is 22.6. The Morgan fingerprint density at radius 1 is 0.568 bits per heavy atom. The van der Waals surface area contributed by atoms with Crippen LogP contribution in [-0.2, 0) is 17.6 Å². The maximum atomic E-state index is 14.4. The lowest BCUT2D eigenvalue weighted by atomic mass is 9.80. The van der Waals surface area contributed by atoms with Crippen LogP contribution in [0.25, 0.3) is 0 Å². The molecule has 22 heteroatoms. The van der Waals surface area contributed by atoms with Crippen molar-refractivity contribution in [2.24, 2.45) is 5.92 Å². The van der Waals surface area contributed by atoms with Crippen molar-refractivity contribution in [1.82, 2.24) is 13.9 Å². The van der Waals surface area contributed by atoms with Gasteiger partial charge in [-0.2, -0.15) is 74.6 Å². The maximum absolute atomic E-state index is 14.4. The lowest BCUT2D eigenvalue weighted by Gasteiger charge is -2.42. The van der Waals surface area contributed by atoms with Gasteiger partial charge in [0.15, 0.2) is 0 Å². The molecule has 2 heterocycles. The molecular formula is C22H20F17N3O2. The molecule has 0 aromatic carbocycles. The van der Waals surface area contributed by atoms with Crippen LogP contribution < -0.4 is 11.4 Å². The molecule has 0 radical (unpaired) electrons. The molecule has 254 valence electrons. The molecule has 2 aliphatic rings. The predicted molar refractivity (Wildman–Crippen MR) is 113 cm³/mol. The summed E-state index contributed by atoms with van der Waals surface area (Å²) in [4.78, 5) is 26.0. The summed E-state index contributed by atoms with van der Waals surface area (Å²) in [5, 5.41) is 0. The Balaban J connectivity index is 2.04. The minimum Gasteiger partial charge on any atom is -0.246 e. The molecule has 0 saturated heterocycles. The van der Waals surface area contributed by atoms with Gasteiger partial charge in [0.1, 0.15) is 0 Å². The van der Waals surface area contributed by atoms with E-state index in [1.807, 2.05) is 0 Å². The molecule has 44 heavy (non-hydrogen) atoms. The molecule has 1 unspecified atom stereocenters. The highest BCUT2D eigenvalue weighted by atomic mass is 19.4. The van der Waals surface area contributed by atoms with E-state index in [4.69, 9.17) is 0 Å². The second-order valence-electron chi connectivity index (χ2n) is 11.0. The van der Waals surface area contributed by atoms with Crippen LogP contribution >= 0.6 is 0 Å². The lowest BCUT2D eigenvalue weighted by molar-refractivity contribution is -0.461. The maximum Gasteiger partial charge on any atom is 0.460 e. The molecule has 3 atom stereocenters. The number of halogens is 17. The zero-order valence-electron chi connectivity index (χ0n) is 22.6. The fourth-order valence-electron chi connectivity index (χ4n) is 5.73. The minimum absolute atomic E-state index is 0.207. The first-order valence-corrected chi connectivity index (χ1v) is 12.0. The Labute approximate surface area is 233 Å². The summed E-state index contributed by atoms with van der Waals surface area (Å²) in [7, 11) is 0. The van der Waals surface area contributed by atoms with Crippen LogP contribution in [0.4, 0.5) is 74.6 Å². The number of fused-ring (bicyclic) bond motifs is 5. The van der Waals surface area contributed by atoms with Crippen LogP contribution in [0.3, 0.4) is 0 Å². The van der Waals surface area contributed by atoms with Crippen molar-refractivity contribution in [1.29, 1.82) is 0 Å². The molecular weight excluding hydrogens is 661 g/mol. The van der Waals surface area contributed by atoms with Crippen molar-refractivity contribution >= 4 is 0 Å². The van der Waals surface area contributed by atoms with E-state index in [0.717, 1.165) is 9.36 Å². The fraction of sp³-hybridized carbons (Fsp3) is 0.818. The molecule has 0 N–H and O–H groups in total. The molecule has 3 rings (SSSR count). The van der Waals surface area contributed by atoms with Gasteiger partial charge in [-0.25, -0.2) is 23.5 Å². The van der Waals surface area contributed by atoms with E-state index in [-0.39, 0.29) is 4.57 Å². The highest BCUT2D eigenvalue weighted by molar-refractivity contribution is 5.41. The van der Waals surface area contributed by atoms with Crippen molar-refractivity contribution in [3.8, 4) is 0 Å². The molecule has 1 aliphatic heterocycles. The van der Waals surface area contributed by atoms with Gasteiger partial charge in [-0.15, -0.1) is 0 Å². The van der Waals surface area contributed by atoms with Gasteiger partial charge in [0.25, 0.3) is 0 Å². The van der Waals surface area contributed by atoms with Crippen LogP contribution in [0.15, 0.2) is 20.7 Å². The number of alkyl halides is 17. The van der Waals surface area contributed by atoms with E-state index in [1.54, 1.807) is 6.92 Å². The first-order chi connectivity index (χ1) is 19.1. The highest BCUT2D eigenvalue weighted by Gasteiger charge is 2.95. The monoisotopic (exact) mass is 681 g/mol. The van der Waals surface area contributed by atoms with Crippen molar-refractivity contribution in [2.45, 2.75) is 106 Å². The van der Waals surface area contributed by atoms with Crippen LogP contribution in [0.5, 0.6) is 0 Å². The SMILES string of the molecule is CC1=C(C)[C@]2(C)C(C)[C@@]1(C)n1c(=O)n(CCC(F)(F)C(F)(F)C(F)(F)C(F)(F)C(F)(F)C(F)(F)C(F)(F)C(F)(F)F)c(=O)n12. The normalized spacial score (nSPS) is 25.7. The number of allylic oxidation sites excluding steroid dienone is 2. The number of rotatable bonds is 9. The number of aromatic nitrogens is 3. The minimum atomic E-state index is -8.73. The van der Waals surface area contributed by atoms with Crippen molar-refractivity contribution in [3.63, 3.8) is 0 Å². The fourth-order valence-corrected chi connectivity index (χ4v) is 5.73. The van der Waals surface area contributed by atoms with Crippen LogP contribution in [-0.4, -0.2) is 61.6 Å². The second kappa shape index (κ2) is 8.97. The highest BCUT2D eigenvalue weighted by Crippen LogP contribution is 2.64. The van der Waals surface area contributed by atoms with Crippen LogP contribution in [0, 0.1) is 5.92 Å². The predicted octanol–water partition coefficient (Wildman–Crippen LogP) is 6.64. The van der Waals surface area contributed by atoms with Gasteiger partial charge in [0.2, 0.25) is 0 Å². The molecule has 0 spiro atoms. The summed E-state index contributed by atoms with van der Waals surface area (Å²) in [6, 6.07) is 0. The molecule has 0 saturated carbocycles. The Morgan fingerprint density at radius 2 is 0.864 bits per heavy atom. The molecule has 0 fully saturated rings. The molecule has 5 nitrogen and oxygen atoms in total. The topological polar surface area (TPSA) is 48.9 Å². The zero-order chi connectivity index (χ0) is 35.0. The van der Waals surface area contributed by atoms with Gasteiger partial charge < -0.3 is 0 Å². The quantitative estimate of drug-likeness (QED) is 0.217. The summed E-state index contributed by atoms with van der Waals surface area (Å²) < 4.78 is 231. The third-order valence-electron chi connectivity index (χ3n) is 9.11. The Morgan fingerprint density at radius 3 is 1.18 bits per heavy atom. The molecule has 0 amide bonds. The van der Waals surface area contributed by atoms with Gasteiger partial charge in [0.05, 0.1) is 11.1 Å². The number of nitrogens with zero attached hydrogens (tertiary/aromatic N) is 3. The van der Waals surface area contributed by atoms with Gasteiger partial charge in [-0.05, 0) is 38.8 Å². The number of hydrogen-bond donors (Lipinski definition) is 0. The van der Waals surface area contributed by atoms with Gasteiger partial charge in [0, 0.05) is 18.9 Å². The van der Waals surface area contributed by atoms with E-state index >= 15 is 0 Å². The molecule has 1 aromatic heterocycles. The summed E-state index contributed by atoms with van der Waals surface area (Å²) in [6.07, 6.45) is -10.8. The van der Waals surface area contributed by atoms with Crippen LogP contribution in [0.2, 0.25) is 0 Å². The Bertz CT molecular complexity index is 1450. The average molecular weight is 681 g/mol. The van der Waals surface area contributed by atoms with E-state index in [2.05, 4.69) is 0 Å². The van der Waals surface area contributed by atoms with E-state index in [9.17, 15) is 84.2 Å². The van der Waals surface area contributed by atoms with Crippen molar-refractivity contribution in [3.05, 3.63) is 32.1 Å². The first kappa shape index (κ1) is 35.8. The standard InChI is InChI=1S/C22H20F17N3O2/c1-8-9(2)14(5)10(3)13(8,4)41-11(43)40(12(44)42(14)41)7-6-15(23,24)16(25,26)17(27,28)18(29,30)19(31,32)20(33,34)21(35,36)22(37,38)39/h10H,6-7H2,1-5H3/t10?,13-,14+. The molecule has 2 bridgehead atoms. The summed E-state index contributed by atoms with van der Waals surface area (Å²) in [6.45, 7) is 5.53. The summed E-state index contributed by atoms with van der Waals surface area (Å²) >= 11 is 0. The number of hydrogen-bond acceptors (Lipinski definition) is 2. The van der Waals surface area contributed by atoms with E-state index in [0.29, 0.717) is 11.1 Å². The third-order valence-corrected chi connectivity index (χ3v) is 9.11. The van der Waals surface area contributed by atoms with E-state index < -0.39 is 89.0 Å². The lowest BCUT2D eigenvalue weighted by Crippen LogP contribution is -2.74. The smallest absolute Gasteiger partial charge is 0.246 e. The summed E-state index contributed by atoms with van der Waals surface area (Å²) in [5.74, 6) is -57.9. The van der Waals surface area contributed by atoms with Crippen LogP contribution in [0.1, 0.15) is 41.0 Å². The Hall–Kier alpha value is -2.71. The van der Waals surface area contributed by atoms with Crippen molar-refractivity contribution in [2.75, 3.05) is 0 Å². The third kappa shape index (κ3) is 3.61.